The highest BCUT2D eigenvalue weighted by Gasteiger charge is 2.20. The number of carbonyl (C=O) groups excluding carboxylic acids is 1. The molecule has 1 amide bonds. The van der Waals surface area contributed by atoms with E-state index >= 15 is 0 Å². The number of aliphatic hydroxyl groups is 1. The third-order valence-electron chi connectivity index (χ3n) is 3.05. The molecule has 0 heterocycles. The van der Waals surface area contributed by atoms with Crippen LogP contribution in [0, 0.1) is 5.41 Å². The highest BCUT2D eigenvalue weighted by molar-refractivity contribution is 5.85. The van der Waals surface area contributed by atoms with Crippen LogP contribution in [0.5, 0.6) is 0 Å². The highest BCUT2D eigenvalue weighted by atomic mass is 16.4. The molecule has 0 aromatic carbocycles. The Morgan fingerprint density at radius 1 is 0.909 bits per heavy atom. The van der Waals surface area contributed by atoms with Gasteiger partial charge in [0, 0.05) is 26.8 Å². The van der Waals surface area contributed by atoms with Gasteiger partial charge in [-0.1, -0.05) is 6.58 Å². The monoisotopic (exact) mass is 485 g/mol. The molecule has 0 aromatic rings. The molecule has 0 aliphatic heterocycles. The number of quaternary nitrogens is 3. The van der Waals surface area contributed by atoms with Crippen molar-refractivity contribution in [3.8, 4) is 0 Å². The first-order chi connectivity index (χ1) is 14.8. The number of carboxylic acid groups (broad SMARTS) is 3. The Labute approximate surface area is 191 Å². The number of hydrogen-bond donors (Lipinski definition) is 10. The van der Waals surface area contributed by atoms with Crippen LogP contribution in [-0.4, -0.2) is 91.4 Å². The first-order valence-corrected chi connectivity index (χ1v) is 9.54. The van der Waals surface area contributed by atoms with Gasteiger partial charge in [0.2, 0.25) is 18.1 Å². The number of carboxylic acids is 3. The fourth-order valence-corrected chi connectivity index (χ4v) is 0.843. The number of rotatable bonds is 8. The maximum absolute atomic E-state index is 10.8. The van der Waals surface area contributed by atoms with E-state index in [2.05, 4.69) is 34.1 Å². The first-order valence-electron chi connectivity index (χ1n) is 9.54. The number of carbonyl (C=O) groups is 4. The number of nitrogens with one attached hydrogen (secondary N) is 3. The predicted octanol–water partition coefficient (Wildman–Crippen LogP) is -6.09. The summed E-state index contributed by atoms with van der Waals surface area (Å²) >= 11 is 0. The molecule has 5 unspecified atom stereocenters. The maximum atomic E-state index is 10.8. The van der Waals surface area contributed by atoms with E-state index in [1.807, 2.05) is 0 Å². The Morgan fingerprint density at radius 3 is 1.45 bits per heavy atom. The van der Waals surface area contributed by atoms with E-state index in [1.54, 1.807) is 20.8 Å². The second-order valence-corrected chi connectivity index (χ2v) is 6.82. The van der Waals surface area contributed by atoms with Gasteiger partial charge in [-0.25, -0.2) is 15.0 Å². The van der Waals surface area contributed by atoms with Gasteiger partial charge in [-0.2, -0.15) is 4.99 Å². The quantitative estimate of drug-likeness (QED) is 0.0680. The highest BCUT2D eigenvalue weighted by Crippen LogP contribution is 1.82. The Morgan fingerprint density at radius 2 is 1.27 bits per heavy atom. The van der Waals surface area contributed by atoms with E-state index in [-0.39, 0.29) is 29.8 Å². The van der Waals surface area contributed by atoms with Crippen LogP contribution >= 0.6 is 0 Å². The van der Waals surface area contributed by atoms with Crippen molar-refractivity contribution in [1.29, 1.82) is 5.41 Å². The van der Waals surface area contributed by atoms with Crippen molar-refractivity contribution in [2.75, 3.05) is 0 Å². The molecule has 0 rings (SSSR count). The van der Waals surface area contributed by atoms with Crippen LogP contribution in [0.25, 0.3) is 0 Å². The molecule has 0 fully saturated rings. The largest absolute Gasteiger partial charge is 0.578 e. The normalized spacial score (nSPS) is 14.4. The van der Waals surface area contributed by atoms with Gasteiger partial charge in [-0.05, 0) is 13.8 Å². The minimum Gasteiger partial charge on any atom is -0.578 e. The summed E-state index contributed by atoms with van der Waals surface area (Å²) in [5.74, 6) is -3.57. The summed E-state index contributed by atoms with van der Waals surface area (Å²) in [4.78, 5) is 42.9. The van der Waals surface area contributed by atoms with Gasteiger partial charge in [0.1, 0.15) is 6.04 Å². The van der Waals surface area contributed by atoms with Crippen LogP contribution in [0.15, 0.2) is 12.7 Å². The summed E-state index contributed by atoms with van der Waals surface area (Å²) in [6, 6.07) is -2.50. The summed E-state index contributed by atoms with van der Waals surface area (Å²) in [5.41, 5.74) is 10.4. The van der Waals surface area contributed by atoms with Crippen LogP contribution in [0.2, 0.25) is 0 Å². The Balaban J connectivity index is -0.000000179. The van der Waals surface area contributed by atoms with Crippen LogP contribution in [-0.2, 0) is 19.2 Å². The molecule has 5 atom stereocenters. The molecule has 0 aliphatic rings. The molecule has 0 aromatic heterocycles. The third-order valence-corrected chi connectivity index (χ3v) is 3.05. The first kappa shape index (κ1) is 36.8. The lowest BCUT2D eigenvalue weighted by Gasteiger charge is -2.08. The van der Waals surface area contributed by atoms with E-state index in [9.17, 15) is 19.2 Å². The van der Waals surface area contributed by atoms with Gasteiger partial charge in [-0.15, -0.1) is 0 Å². The van der Waals surface area contributed by atoms with E-state index in [0.29, 0.717) is 0 Å². The van der Waals surface area contributed by atoms with Crippen LogP contribution in [0.3, 0.4) is 0 Å². The molecule has 0 saturated carbocycles. The summed E-state index contributed by atoms with van der Waals surface area (Å²) in [6.45, 7) is 10.8. The van der Waals surface area contributed by atoms with Crippen molar-refractivity contribution in [2.45, 2.75) is 64.8 Å². The van der Waals surface area contributed by atoms with Crippen LogP contribution < -0.4 is 27.5 Å². The summed E-state index contributed by atoms with van der Waals surface area (Å²) < 4.78 is 0. The molecule has 15 heteroatoms. The zero-order valence-electron chi connectivity index (χ0n) is 19.7. The second-order valence-electron chi connectivity index (χ2n) is 6.82. The molecule has 0 spiro atoms. The average molecular weight is 486 g/mol. The third kappa shape index (κ3) is 28.4. The number of hydrogen-bond acceptors (Lipinski definition) is 5. The smallest absolute Gasteiger partial charge is 0.392 e. The van der Waals surface area contributed by atoms with Crippen molar-refractivity contribution >= 4 is 35.6 Å². The van der Waals surface area contributed by atoms with Crippen molar-refractivity contribution in [2.24, 2.45) is 0 Å². The molecule has 18 N–H and O–H groups in total. The van der Waals surface area contributed by atoms with Gasteiger partial charge in [0.15, 0.2) is 6.04 Å². The zero-order valence-corrected chi connectivity index (χ0v) is 19.7. The van der Waals surface area contributed by atoms with E-state index in [4.69, 9.17) is 30.9 Å². The van der Waals surface area contributed by atoms with Gasteiger partial charge in [0.05, 0.1) is 0 Å². The number of aliphatic carboxylic acids is 3. The minimum absolute atomic E-state index is 0.0973. The van der Waals surface area contributed by atoms with Gasteiger partial charge < -0.3 is 48.1 Å². The topological polar surface area (TPSA) is 305 Å². The summed E-state index contributed by atoms with van der Waals surface area (Å²) in [6.07, 6.45) is 0.833. The van der Waals surface area contributed by atoms with E-state index < -0.39 is 36.0 Å². The number of amides is 1. The van der Waals surface area contributed by atoms with Crippen molar-refractivity contribution < 1.29 is 66.9 Å². The minimum atomic E-state index is -1.04. The average Bonchev–Trinajstić information content (AvgIpc) is 2.68. The SMILES string of the molecule is C=CC(=O)O.CC([NH3+])C(=N)[OH2+].CC([NH3+])C(=O)NC(C)C(=O)O.CC([NH3+])C(O)=[NH+]C(C)C(=O)O. The molecular weight excluding hydrogens is 444 g/mol. The lowest BCUT2D eigenvalue weighted by atomic mass is 10.3. The summed E-state index contributed by atoms with van der Waals surface area (Å²) in [7, 11) is 0. The van der Waals surface area contributed by atoms with Crippen molar-refractivity contribution in [3.05, 3.63) is 12.7 Å². The van der Waals surface area contributed by atoms with Crippen molar-refractivity contribution in [1.82, 2.24) is 5.32 Å². The lowest BCUT2D eigenvalue weighted by Crippen LogP contribution is -2.86. The molecular formula is C18H41N6O9+5. The Bertz CT molecular complexity index is 678. The fourth-order valence-electron chi connectivity index (χ4n) is 0.843. The Hall–Kier alpha value is -3.56. The van der Waals surface area contributed by atoms with Crippen molar-refractivity contribution in [3.63, 3.8) is 0 Å². The maximum Gasteiger partial charge on any atom is 0.392 e. The van der Waals surface area contributed by atoms with Crippen LogP contribution in [0.1, 0.15) is 34.6 Å². The van der Waals surface area contributed by atoms with E-state index in [1.165, 1.54) is 13.8 Å². The van der Waals surface area contributed by atoms with Gasteiger partial charge in [0.25, 0.3) is 5.91 Å². The molecule has 0 radical (unpaired) electrons. The van der Waals surface area contributed by atoms with Gasteiger partial charge >= 0.3 is 29.7 Å². The predicted molar refractivity (Wildman–Crippen MR) is 117 cm³/mol. The molecule has 0 saturated heterocycles. The molecule has 33 heavy (non-hydrogen) atoms. The fraction of sp³-hybridized carbons (Fsp3) is 0.556. The molecule has 192 valence electrons. The zero-order chi connectivity index (χ0) is 27.5. The van der Waals surface area contributed by atoms with Gasteiger partial charge in [-0.3, -0.25) is 9.59 Å². The Kier molecular flexibility index (Phi) is 22.7. The second kappa shape index (κ2) is 20.3. The van der Waals surface area contributed by atoms with Crippen LogP contribution in [0.4, 0.5) is 0 Å². The molecule has 0 aliphatic carbocycles. The molecule has 0 bridgehead atoms. The van der Waals surface area contributed by atoms with E-state index in [0.717, 1.165) is 6.08 Å². The molecule has 15 nitrogen and oxygen atoms in total. The summed E-state index contributed by atoms with van der Waals surface area (Å²) in [5, 5.41) is 48.8. The number of aliphatic hydroxyl groups excluding tert-OH is 1. The lowest BCUT2D eigenvalue weighted by molar-refractivity contribution is -0.512. The standard InChI is InChI=1S/2C6H12N2O3.C3H8N2O.C3H4O2/c2*1-3(7)5(9)8-4(2)6(10)11;1-2(4)3(5)6;1-2-3(4)5/h2*3-4H,7H2,1-2H3,(H,8,9)(H,10,11);2H,4H2,1H3,(H2,5,6);2H,1H2,(H,4,5)/p+5.